The van der Waals surface area contributed by atoms with Crippen molar-refractivity contribution in [1.82, 2.24) is 10.2 Å². The van der Waals surface area contributed by atoms with Crippen LogP contribution in [0, 0.1) is 0 Å². The van der Waals surface area contributed by atoms with Gasteiger partial charge in [-0.1, -0.05) is 31.2 Å². The summed E-state index contributed by atoms with van der Waals surface area (Å²) in [5, 5.41) is 3.24. The molecule has 1 aliphatic rings. The van der Waals surface area contributed by atoms with Crippen LogP contribution in [-0.4, -0.2) is 23.4 Å². The summed E-state index contributed by atoms with van der Waals surface area (Å²) < 4.78 is 0. The molecule has 0 saturated carbocycles. The van der Waals surface area contributed by atoms with Crippen molar-refractivity contribution in [3.63, 3.8) is 0 Å². The van der Waals surface area contributed by atoms with Crippen molar-refractivity contribution in [3.8, 4) is 0 Å². The zero-order valence-electron chi connectivity index (χ0n) is 10.6. The van der Waals surface area contributed by atoms with Crippen LogP contribution in [0.15, 0.2) is 24.3 Å². The Morgan fingerprint density at radius 3 is 2.47 bits per heavy atom. The maximum Gasteiger partial charge on any atom is 0.237 e. The van der Waals surface area contributed by atoms with Gasteiger partial charge in [-0.25, -0.2) is 0 Å². The summed E-state index contributed by atoms with van der Waals surface area (Å²) in [6, 6.07) is 8.67. The summed E-state index contributed by atoms with van der Waals surface area (Å²) in [4.78, 5) is 13.9. The first kappa shape index (κ1) is 12.1. The number of hydrogen-bond acceptors (Lipinski definition) is 2. The summed E-state index contributed by atoms with van der Waals surface area (Å²) in [6.45, 7) is 6.19. The lowest BCUT2D eigenvalue weighted by atomic mass is 10.1. The highest BCUT2D eigenvalue weighted by molar-refractivity contribution is 5.79. The maximum atomic E-state index is 12.0. The summed E-state index contributed by atoms with van der Waals surface area (Å²) >= 11 is 0. The molecular formula is C14H20N2O. The monoisotopic (exact) mass is 232 g/mol. The molecule has 0 aromatic heterocycles. The van der Waals surface area contributed by atoms with E-state index in [2.05, 4.69) is 31.3 Å². The molecule has 0 bridgehead atoms. The van der Waals surface area contributed by atoms with E-state index in [1.807, 2.05) is 17.0 Å². The summed E-state index contributed by atoms with van der Waals surface area (Å²) in [5.41, 5.74) is 2.56. The van der Waals surface area contributed by atoms with Gasteiger partial charge in [-0.2, -0.15) is 0 Å². The van der Waals surface area contributed by atoms with Crippen molar-refractivity contribution in [1.29, 1.82) is 0 Å². The van der Waals surface area contributed by atoms with Crippen molar-refractivity contribution in [2.24, 2.45) is 0 Å². The Balaban J connectivity index is 1.88. The van der Waals surface area contributed by atoms with Gasteiger partial charge in [0.05, 0.1) is 6.54 Å². The largest absolute Gasteiger partial charge is 0.333 e. The van der Waals surface area contributed by atoms with Crippen LogP contribution in [0.25, 0.3) is 0 Å². The van der Waals surface area contributed by atoms with Crippen LogP contribution < -0.4 is 5.32 Å². The molecule has 0 saturated heterocycles. The number of carbonyl (C=O) groups is 1. The molecule has 0 radical (unpaired) electrons. The van der Waals surface area contributed by atoms with E-state index in [-0.39, 0.29) is 5.91 Å². The number of amides is 1. The SMILES string of the molecule is CCC(C)NCC(=O)N1Cc2ccccc2C1. The highest BCUT2D eigenvalue weighted by Gasteiger charge is 2.22. The van der Waals surface area contributed by atoms with Crippen LogP contribution in [0.1, 0.15) is 31.4 Å². The molecule has 0 spiro atoms. The van der Waals surface area contributed by atoms with Crippen molar-refractivity contribution in [2.75, 3.05) is 6.54 Å². The van der Waals surface area contributed by atoms with Gasteiger partial charge < -0.3 is 10.2 Å². The molecule has 3 nitrogen and oxygen atoms in total. The van der Waals surface area contributed by atoms with E-state index in [4.69, 9.17) is 0 Å². The predicted molar refractivity (Wildman–Crippen MR) is 68.5 cm³/mol. The predicted octanol–water partition coefficient (Wildman–Crippen LogP) is 1.92. The average molecular weight is 232 g/mol. The second kappa shape index (κ2) is 5.32. The molecule has 0 aliphatic carbocycles. The van der Waals surface area contributed by atoms with Gasteiger partial charge in [0.15, 0.2) is 0 Å². The number of benzene rings is 1. The molecule has 1 aromatic rings. The minimum atomic E-state index is 0.196. The van der Waals surface area contributed by atoms with E-state index in [0.29, 0.717) is 12.6 Å². The molecule has 92 valence electrons. The van der Waals surface area contributed by atoms with Crippen molar-refractivity contribution < 1.29 is 4.79 Å². The Morgan fingerprint density at radius 2 is 1.94 bits per heavy atom. The zero-order chi connectivity index (χ0) is 12.3. The van der Waals surface area contributed by atoms with Crippen LogP contribution in [-0.2, 0) is 17.9 Å². The first-order valence-corrected chi connectivity index (χ1v) is 6.28. The molecule has 1 N–H and O–H groups in total. The second-order valence-electron chi connectivity index (χ2n) is 4.71. The van der Waals surface area contributed by atoms with E-state index >= 15 is 0 Å². The van der Waals surface area contributed by atoms with Gasteiger partial charge in [-0.05, 0) is 24.5 Å². The van der Waals surface area contributed by atoms with Crippen molar-refractivity contribution in [3.05, 3.63) is 35.4 Å². The number of hydrogen-bond donors (Lipinski definition) is 1. The van der Waals surface area contributed by atoms with Gasteiger partial charge in [0.25, 0.3) is 0 Å². The Kier molecular flexibility index (Phi) is 3.79. The Hall–Kier alpha value is -1.35. The van der Waals surface area contributed by atoms with Gasteiger partial charge in [-0.15, -0.1) is 0 Å². The fraction of sp³-hybridized carbons (Fsp3) is 0.500. The number of fused-ring (bicyclic) bond motifs is 1. The maximum absolute atomic E-state index is 12.0. The fourth-order valence-corrected chi connectivity index (χ4v) is 2.03. The summed E-state index contributed by atoms with van der Waals surface area (Å²) in [5.74, 6) is 0.196. The third-order valence-corrected chi connectivity index (χ3v) is 3.41. The molecule has 1 heterocycles. The number of nitrogens with one attached hydrogen (secondary N) is 1. The van der Waals surface area contributed by atoms with Gasteiger partial charge in [0.2, 0.25) is 5.91 Å². The zero-order valence-corrected chi connectivity index (χ0v) is 10.6. The molecule has 17 heavy (non-hydrogen) atoms. The van der Waals surface area contributed by atoms with Gasteiger partial charge in [0, 0.05) is 19.1 Å². The van der Waals surface area contributed by atoms with Crippen molar-refractivity contribution in [2.45, 2.75) is 39.4 Å². The molecule has 3 heteroatoms. The molecular weight excluding hydrogens is 212 g/mol. The smallest absolute Gasteiger partial charge is 0.237 e. The summed E-state index contributed by atoms with van der Waals surface area (Å²) in [7, 11) is 0. The lowest BCUT2D eigenvalue weighted by molar-refractivity contribution is -0.130. The number of rotatable bonds is 4. The standard InChI is InChI=1S/C14H20N2O/c1-3-11(2)15-8-14(17)16-9-12-6-4-5-7-13(12)10-16/h4-7,11,15H,3,8-10H2,1-2H3. The fourth-order valence-electron chi connectivity index (χ4n) is 2.03. The molecule has 1 aromatic carbocycles. The lowest BCUT2D eigenvalue weighted by Crippen LogP contribution is -2.38. The van der Waals surface area contributed by atoms with E-state index in [1.54, 1.807) is 0 Å². The van der Waals surface area contributed by atoms with Crippen LogP contribution >= 0.6 is 0 Å². The van der Waals surface area contributed by atoms with E-state index in [9.17, 15) is 4.79 Å². The average Bonchev–Trinajstić information content (AvgIpc) is 2.79. The topological polar surface area (TPSA) is 32.3 Å². The molecule has 2 rings (SSSR count). The van der Waals surface area contributed by atoms with Gasteiger partial charge in [-0.3, -0.25) is 4.79 Å². The van der Waals surface area contributed by atoms with Crippen LogP contribution in [0.4, 0.5) is 0 Å². The highest BCUT2D eigenvalue weighted by atomic mass is 16.2. The van der Waals surface area contributed by atoms with Gasteiger partial charge >= 0.3 is 0 Å². The quantitative estimate of drug-likeness (QED) is 0.860. The van der Waals surface area contributed by atoms with Crippen LogP contribution in [0.3, 0.4) is 0 Å². The number of carbonyl (C=O) groups excluding carboxylic acids is 1. The third-order valence-electron chi connectivity index (χ3n) is 3.41. The minimum Gasteiger partial charge on any atom is -0.333 e. The third kappa shape index (κ3) is 2.86. The Labute approximate surface area is 103 Å². The lowest BCUT2D eigenvalue weighted by Gasteiger charge is -2.17. The van der Waals surface area contributed by atoms with Gasteiger partial charge in [0.1, 0.15) is 0 Å². The van der Waals surface area contributed by atoms with Crippen LogP contribution in [0.5, 0.6) is 0 Å². The van der Waals surface area contributed by atoms with E-state index in [0.717, 1.165) is 19.5 Å². The highest BCUT2D eigenvalue weighted by Crippen LogP contribution is 2.21. The molecule has 1 unspecified atom stereocenters. The van der Waals surface area contributed by atoms with E-state index in [1.165, 1.54) is 11.1 Å². The second-order valence-corrected chi connectivity index (χ2v) is 4.71. The van der Waals surface area contributed by atoms with E-state index < -0.39 is 0 Å². The first-order valence-electron chi connectivity index (χ1n) is 6.28. The summed E-state index contributed by atoms with van der Waals surface area (Å²) in [6.07, 6.45) is 1.05. The number of nitrogens with zero attached hydrogens (tertiary/aromatic N) is 1. The minimum absolute atomic E-state index is 0.196. The van der Waals surface area contributed by atoms with Crippen molar-refractivity contribution >= 4 is 5.91 Å². The molecule has 1 atom stereocenters. The normalized spacial score (nSPS) is 15.8. The van der Waals surface area contributed by atoms with Crippen LogP contribution in [0.2, 0.25) is 0 Å². The Bertz CT molecular complexity index is 378. The Morgan fingerprint density at radius 1 is 1.35 bits per heavy atom. The molecule has 1 amide bonds. The molecule has 1 aliphatic heterocycles. The first-order chi connectivity index (χ1) is 8.20. The molecule has 0 fully saturated rings.